The van der Waals surface area contributed by atoms with Crippen LogP contribution in [0.4, 0.5) is 26.3 Å². The summed E-state index contributed by atoms with van der Waals surface area (Å²) in [4.78, 5) is 75.0. The lowest BCUT2D eigenvalue weighted by atomic mass is 9.50. The van der Waals surface area contributed by atoms with Crippen LogP contribution in [0.2, 0.25) is 0 Å². The summed E-state index contributed by atoms with van der Waals surface area (Å²) >= 11 is 0. The van der Waals surface area contributed by atoms with Gasteiger partial charge < -0.3 is 23.7 Å². The molecule has 3 heterocycles. The van der Waals surface area contributed by atoms with Gasteiger partial charge in [-0.1, -0.05) is 140 Å². The number of fused-ring (bicyclic) bond motifs is 1. The van der Waals surface area contributed by atoms with Crippen molar-refractivity contribution in [3.63, 3.8) is 0 Å². The molecule has 6 aliphatic carbocycles. The highest BCUT2D eigenvalue weighted by atomic mass is 32.2. The van der Waals surface area contributed by atoms with Gasteiger partial charge in [0.15, 0.2) is 35.1 Å². The molecule has 0 N–H and O–H groups in total. The molecular formula is C80H85F6O11S3+3. The van der Waals surface area contributed by atoms with Crippen molar-refractivity contribution >= 4 is 68.3 Å². The zero-order valence-corrected chi connectivity index (χ0v) is 58.6. The Morgan fingerprint density at radius 3 is 1.22 bits per heavy atom. The minimum absolute atomic E-state index is 0.00671. The molecule has 3 aliphatic heterocycles. The van der Waals surface area contributed by atoms with Crippen LogP contribution in [0.15, 0.2) is 242 Å². The zero-order chi connectivity index (χ0) is 71.0. The number of carbonyl (C=O) groups is 6. The molecule has 0 amide bonds. The van der Waals surface area contributed by atoms with Crippen LogP contribution in [0.5, 0.6) is 0 Å². The predicted octanol–water partition coefficient (Wildman–Crippen LogP) is 16.9. The largest absolute Gasteiger partial charge is 0.463 e. The summed E-state index contributed by atoms with van der Waals surface area (Å²) in [6.45, 7) is 1.83. The van der Waals surface area contributed by atoms with E-state index in [1.807, 2.05) is 30.3 Å². The molecule has 16 rings (SSSR count). The topological polar surface area (TPSA) is 149 Å². The van der Waals surface area contributed by atoms with Gasteiger partial charge in [-0.2, -0.15) is 26.3 Å². The van der Waals surface area contributed by atoms with Crippen molar-refractivity contribution < 1.29 is 78.8 Å². The lowest BCUT2D eigenvalue weighted by Crippen LogP contribution is -2.49. The number of rotatable bonds is 16. The summed E-state index contributed by atoms with van der Waals surface area (Å²) in [5.41, 5.74) is 0.905. The third-order valence-electron chi connectivity index (χ3n) is 19.0. The molecule has 6 bridgehead atoms. The van der Waals surface area contributed by atoms with Crippen LogP contribution >= 0.6 is 0 Å². The van der Waals surface area contributed by atoms with Crippen LogP contribution in [-0.2, 0) is 80.3 Å². The number of esters is 5. The number of halogens is 6. The van der Waals surface area contributed by atoms with Crippen molar-refractivity contribution in [1.29, 1.82) is 0 Å². The van der Waals surface area contributed by atoms with Crippen LogP contribution in [0.1, 0.15) is 102 Å². The first-order chi connectivity index (χ1) is 47.9. The van der Waals surface area contributed by atoms with E-state index in [0.717, 1.165) is 54.8 Å². The molecule has 11 nitrogen and oxygen atoms in total. The first-order valence-corrected chi connectivity index (χ1v) is 38.2. The number of carbonyl (C=O) groups excluding carboxylic acids is 6. The Kier molecular flexibility index (Phi) is 25.6. The monoisotopic (exact) mass is 1430 g/mol. The molecule has 7 aromatic rings. The van der Waals surface area contributed by atoms with Crippen LogP contribution in [0.3, 0.4) is 0 Å². The van der Waals surface area contributed by atoms with E-state index in [2.05, 4.69) is 191 Å². The van der Waals surface area contributed by atoms with Gasteiger partial charge in [-0.15, -0.1) is 0 Å². The lowest BCUT2D eigenvalue weighted by molar-refractivity contribution is -0.183. The van der Waals surface area contributed by atoms with Gasteiger partial charge in [0.25, 0.3) is 0 Å². The highest BCUT2D eigenvalue weighted by Gasteiger charge is 2.64. The highest BCUT2D eigenvalue weighted by Crippen LogP contribution is 2.60. The molecule has 7 aromatic carbocycles. The minimum atomic E-state index is -3.57. The van der Waals surface area contributed by atoms with Crippen molar-refractivity contribution in [2.24, 2.45) is 40.9 Å². The first kappa shape index (κ1) is 74.9. The number of ether oxygens (including phenoxy) is 5. The minimum Gasteiger partial charge on any atom is -0.463 e. The van der Waals surface area contributed by atoms with Gasteiger partial charge in [-0.05, 0) is 166 Å². The second-order valence-electron chi connectivity index (χ2n) is 26.9. The van der Waals surface area contributed by atoms with Gasteiger partial charge in [-0.3, -0.25) is 9.59 Å². The van der Waals surface area contributed by atoms with Gasteiger partial charge in [0.05, 0.1) is 40.9 Å². The normalized spacial score (nSPS) is 24.2. The van der Waals surface area contributed by atoms with Crippen molar-refractivity contribution in [2.45, 2.75) is 157 Å². The Morgan fingerprint density at radius 1 is 0.490 bits per heavy atom. The molecule has 528 valence electrons. The number of benzene rings is 7. The molecule has 100 heavy (non-hydrogen) atoms. The molecule has 6 atom stereocenters. The average Bonchev–Trinajstić information content (AvgIpc) is 1.49. The number of hydrogen-bond acceptors (Lipinski definition) is 11. The third-order valence-corrected chi connectivity index (χ3v) is 25.8. The summed E-state index contributed by atoms with van der Waals surface area (Å²) in [7, 11) is 0.363. The second kappa shape index (κ2) is 34.2. The number of ketones is 1. The summed E-state index contributed by atoms with van der Waals surface area (Å²) in [5, 5.41) is 0. The number of hydrogen-bond donors (Lipinski definition) is 0. The Balaban J connectivity index is 0.000000130. The summed E-state index contributed by atoms with van der Waals surface area (Å²) in [6.07, 6.45) is 8.88. The van der Waals surface area contributed by atoms with Crippen molar-refractivity contribution in [3.05, 3.63) is 218 Å². The second-order valence-corrected chi connectivity index (χ2v) is 33.3. The molecule has 0 aromatic heterocycles. The summed E-state index contributed by atoms with van der Waals surface area (Å²) in [6, 6.07) is 74.0. The Morgan fingerprint density at radius 2 is 0.860 bits per heavy atom. The Bertz CT molecular complexity index is 3450. The fraction of sp³-hybridized carbons (Fsp3) is 0.400. The summed E-state index contributed by atoms with van der Waals surface area (Å²) in [5.74, 6) is -10.2. The molecular weight excluding hydrogens is 1350 g/mol. The Hall–Kier alpha value is -7.81. The van der Waals surface area contributed by atoms with Crippen LogP contribution in [0.25, 0.3) is 0 Å². The molecule has 3 saturated heterocycles. The van der Waals surface area contributed by atoms with Crippen molar-refractivity contribution in [2.75, 3.05) is 30.5 Å². The highest BCUT2D eigenvalue weighted by molar-refractivity contribution is 7.98. The molecule has 9 aliphatic rings. The number of cyclic esters (lactones) is 1. The van der Waals surface area contributed by atoms with Gasteiger partial charge >= 0.3 is 47.6 Å². The van der Waals surface area contributed by atoms with E-state index in [1.165, 1.54) is 73.0 Å². The van der Waals surface area contributed by atoms with E-state index in [4.69, 9.17) is 14.2 Å². The standard InChI is InChI=1S/2C18H15S.C14H20F2O2.C12H15OS.C11H12F2O4.C7H8F2O4/c2*1-4-10-16(11-5-1)19(17-12-6-2-7-13-17)18-14-8-3-9-15-18;1-13(15,16)12(17)18-8-14-5-9-2-10(6-14)4-11(3-9)7-14;13-12(10-14-8-4-5-9-14)11-6-2-1-3-7-11;1-11(12,13)10(15)17-7-4-2-5-6(3-4)9(14)16-8(5)7;1-7(8,9)6(11)13-4-2-3-12-5(4)10/h2*1-15H;9-11H,2-8H2,1H3;1-3,6-7H,4-5,8-10H2;4-8H,2-3H2,1H3;4H,2-3H2,1H3/q2*+1;;+1;;. The van der Waals surface area contributed by atoms with Crippen molar-refractivity contribution in [3.8, 4) is 0 Å². The lowest BCUT2D eigenvalue weighted by Gasteiger charge is -2.56. The van der Waals surface area contributed by atoms with Gasteiger partial charge in [0.2, 0.25) is 11.9 Å². The van der Waals surface area contributed by atoms with Gasteiger partial charge in [0.1, 0.15) is 23.7 Å². The average molecular weight is 1430 g/mol. The number of alkyl halides is 6. The van der Waals surface area contributed by atoms with E-state index in [1.54, 1.807) is 0 Å². The van der Waals surface area contributed by atoms with E-state index >= 15 is 0 Å². The molecule has 9 fully saturated rings. The quantitative estimate of drug-likeness (QED) is 0.0299. The fourth-order valence-corrected chi connectivity index (χ4v) is 21.3. The predicted molar refractivity (Wildman–Crippen MR) is 373 cm³/mol. The van der Waals surface area contributed by atoms with Crippen LogP contribution in [0, 0.1) is 40.9 Å². The molecule has 0 radical (unpaired) electrons. The van der Waals surface area contributed by atoms with Crippen LogP contribution in [-0.4, -0.2) is 102 Å². The number of Topliss-reactive ketones (excluding diaryl/α,β-unsaturated/α-hetero) is 1. The maximum Gasteiger partial charge on any atom is 0.377 e. The third kappa shape index (κ3) is 20.3. The van der Waals surface area contributed by atoms with E-state index in [-0.39, 0.29) is 70.6 Å². The molecule has 6 saturated carbocycles. The maximum atomic E-state index is 12.8. The van der Waals surface area contributed by atoms with E-state index < -0.39 is 60.0 Å². The molecule has 0 spiro atoms. The van der Waals surface area contributed by atoms with Gasteiger partial charge in [-0.25, -0.2) is 19.2 Å². The first-order valence-electron chi connectivity index (χ1n) is 34.0. The Labute approximate surface area is 589 Å². The van der Waals surface area contributed by atoms with E-state index in [0.29, 0.717) is 43.9 Å². The molecule has 20 heteroatoms. The van der Waals surface area contributed by atoms with E-state index in [9.17, 15) is 55.1 Å². The van der Waals surface area contributed by atoms with Crippen LogP contribution < -0.4 is 0 Å². The molecule has 6 unspecified atom stereocenters. The van der Waals surface area contributed by atoms with Crippen molar-refractivity contribution in [1.82, 2.24) is 0 Å². The zero-order valence-electron chi connectivity index (χ0n) is 56.2. The maximum absolute atomic E-state index is 12.8. The summed E-state index contributed by atoms with van der Waals surface area (Å²) < 4.78 is 99.1. The smallest absolute Gasteiger partial charge is 0.377 e. The van der Waals surface area contributed by atoms with Gasteiger partial charge in [0, 0.05) is 50.0 Å². The SMILES string of the molecule is CC(F)(F)C(=O)OC1C2CC3C(=O)OC1C3C2.CC(F)(F)C(=O)OC1CCOC1=O.CC(F)(F)C(=O)OCC12CC3CC(CC(C3)C1)C2.O=C(C[S+]1CCCC1)c1ccccc1.c1ccc([S+](c2ccccc2)c2ccccc2)cc1.c1ccc([S+](c2ccccc2)c2ccccc2)cc1. The fourth-order valence-electron chi connectivity index (χ4n) is 14.8.